The summed E-state index contributed by atoms with van der Waals surface area (Å²) in [6.07, 6.45) is 2.02. The monoisotopic (exact) mass is 601 g/mol. The number of hydrogen-bond donors (Lipinski definition) is 4. The fraction of sp³-hybridized carbons (Fsp3) is 0.281. The molecular formula is C32H35N5O7. The molecule has 0 radical (unpaired) electrons. The summed E-state index contributed by atoms with van der Waals surface area (Å²) in [4.78, 5) is 49.2. The van der Waals surface area contributed by atoms with E-state index < -0.39 is 11.9 Å². The Balaban J connectivity index is 0.000000670. The van der Waals surface area contributed by atoms with E-state index in [0.29, 0.717) is 30.4 Å². The number of carboxylic acids is 2. The van der Waals surface area contributed by atoms with Gasteiger partial charge in [0.1, 0.15) is 18.2 Å². The summed E-state index contributed by atoms with van der Waals surface area (Å²) in [7, 11) is 0. The van der Waals surface area contributed by atoms with E-state index in [1.807, 2.05) is 54.6 Å². The van der Waals surface area contributed by atoms with Crippen molar-refractivity contribution in [3.63, 3.8) is 0 Å². The van der Waals surface area contributed by atoms with Crippen LogP contribution in [0.15, 0.2) is 78.9 Å². The highest BCUT2D eigenvalue weighted by molar-refractivity contribution is 6.27. The molecule has 0 spiro atoms. The number of anilines is 2. The van der Waals surface area contributed by atoms with Crippen molar-refractivity contribution in [3.05, 3.63) is 84.7 Å². The van der Waals surface area contributed by atoms with E-state index in [-0.39, 0.29) is 11.8 Å². The van der Waals surface area contributed by atoms with Crippen molar-refractivity contribution >= 4 is 46.2 Å². The Kier molecular flexibility index (Phi) is 11.0. The van der Waals surface area contributed by atoms with Crippen molar-refractivity contribution in [2.45, 2.75) is 32.9 Å². The lowest BCUT2D eigenvalue weighted by Crippen LogP contribution is -2.40. The molecule has 1 saturated heterocycles. The van der Waals surface area contributed by atoms with Crippen LogP contribution in [0, 0.1) is 5.92 Å². The molecule has 1 aliphatic rings. The third kappa shape index (κ3) is 9.39. The van der Waals surface area contributed by atoms with Gasteiger partial charge in [0.2, 0.25) is 11.8 Å². The molecule has 1 aliphatic heterocycles. The number of aliphatic carboxylic acids is 2. The molecule has 1 aromatic heterocycles. The number of hydrogen-bond acceptors (Lipinski definition) is 7. The summed E-state index contributed by atoms with van der Waals surface area (Å²) in [5.74, 6) is -1.58. The summed E-state index contributed by atoms with van der Waals surface area (Å²) in [6.45, 7) is 4.84. The molecule has 3 aromatic carbocycles. The molecule has 4 aromatic rings. The second-order valence-corrected chi connectivity index (χ2v) is 10.4. The Morgan fingerprint density at radius 1 is 0.864 bits per heavy atom. The number of carboxylic acid groups (broad SMARTS) is 2. The molecule has 2 heterocycles. The Labute approximate surface area is 254 Å². The number of nitrogens with zero attached hydrogens (tertiary/aromatic N) is 3. The van der Waals surface area contributed by atoms with Gasteiger partial charge < -0.3 is 30.2 Å². The van der Waals surface area contributed by atoms with Gasteiger partial charge in [-0.15, -0.1) is 0 Å². The van der Waals surface area contributed by atoms with Crippen LogP contribution in [0.1, 0.15) is 25.6 Å². The van der Waals surface area contributed by atoms with Crippen LogP contribution >= 0.6 is 0 Å². The second kappa shape index (κ2) is 15.3. The van der Waals surface area contributed by atoms with Crippen molar-refractivity contribution in [2.75, 3.05) is 30.3 Å². The van der Waals surface area contributed by atoms with Crippen LogP contribution in [-0.4, -0.2) is 68.1 Å². The number of likely N-dealkylation sites (tertiary alicyclic amines) is 1. The zero-order valence-corrected chi connectivity index (χ0v) is 24.3. The molecule has 0 aliphatic carbocycles. The standard InChI is InChI=1S/C30H33N5O3.C2H2O4/c1-22(36)31-24-8-7-9-25(18-24)32-30(37)20-34-16-14-23(15-17-34)19-35-28-13-6-5-12-27(28)33-29(35)21-38-26-10-3-2-4-11-26;3-1(4)2(5)6/h2-13,18,23H,14-17,19-21H2,1H3,(H,31,36)(H,32,37);(H,3,4)(H,5,6). The molecule has 0 atom stereocenters. The van der Waals surface area contributed by atoms with Crippen LogP contribution in [0.2, 0.25) is 0 Å². The van der Waals surface area contributed by atoms with Crippen LogP contribution in [0.5, 0.6) is 5.75 Å². The minimum absolute atomic E-state index is 0.0515. The summed E-state index contributed by atoms with van der Waals surface area (Å²) in [5.41, 5.74) is 3.45. The number of rotatable bonds is 9. The molecule has 2 amide bonds. The average Bonchev–Trinajstić information content (AvgIpc) is 3.34. The fourth-order valence-electron chi connectivity index (χ4n) is 4.97. The number of imidazole rings is 1. The number of fused-ring (bicyclic) bond motifs is 1. The smallest absolute Gasteiger partial charge is 0.414 e. The molecule has 12 heteroatoms. The molecule has 230 valence electrons. The highest BCUT2D eigenvalue weighted by Gasteiger charge is 2.23. The second-order valence-electron chi connectivity index (χ2n) is 10.4. The van der Waals surface area contributed by atoms with E-state index in [4.69, 9.17) is 29.5 Å². The molecule has 1 fully saturated rings. The van der Waals surface area contributed by atoms with E-state index in [0.717, 1.165) is 55.1 Å². The van der Waals surface area contributed by atoms with E-state index in [1.165, 1.54) is 6.92 Å². The van der Waals surface area contributed by atoms with Crippen LogP contribution < -0.4 is 15.4 Å². The minimum atomic E-state index is -1.82. The van der Waals surface area contributed by atoms with E-state index in [9.17, 15) is 9.59 Å². The number of carbonyl (C=O) groups excluding carboxylic acids is 2. The number of ether oxygens (including phenoxy) is 1. The maximum absolute atomic E-state index is 12.7. The van der Waals surface area contributed by atoms with Gasteiger partial charge >= 0.3 is 11.9 Å². The topological polar surface area (TPSA) is 163 Å². The molecule has 5 rings (SSSR count). The van der Waals surface area contributed by atoms with Crippen LogP contribution in [0.4, 0.5) is 11.4 Å². The molecule has 44 heavy (non-hydrogen) atoms. The average molecular weight is 602 g/mol. The number of amides is 2. The van der Waals surface area contributed by atoms with Gasteiger partial charge in [-0.3, -0.25) is 14.5 Å². The summed E-state index contributed by atoms with van der Waals surface area (Å²) in [5, 5.41) is 20.5. The largest absolute Gasteiger partial charge is 0.486 e. The van der Waals surface area contributed by atoms with Gasteiger partial charge in [0, 0.05) is 24.8 Å². The number of piperidine rings is 1. The quantitative estimate of drug-likeness (QED) is 0.207. The Morgan fingerprint density at radius 2 is 1.50 bits per heavy atom. The van der Waals surface area contributed by atoms with Gasteiger partial charge in [0.05, 0.1) is 17.6 Å². The highest BCUT2D eigenvalue weighted by atomic mass is 16.5. The van der Waals surface area contributed by atoms with Gasteiger partial charge in [0.15, 0.2) is 0 Å². The lowest BCUT2D eigenvalue weighted by molar-refractivity contribution is -0.159. The van der Waals surface area contributed by atoms with Gasteiger partial charge in [-0.25, -0.2) is 14.6 Å². The lowest BCUT2D eigenvalue weighted by atomic mass is 9.96. The van der Waals surface area contributed by atoms with Gasteiger partial charge in [-0.2, -0.15) is 0 Å². The first-order chi connectivity index (χ1) is 21.2. The normalized spacial score (nSPS) is 13.4. The minimum Gasteiger partial charge on any atom is -0.486 e. The van der Waals surface area contributed by atoms with Crippen molar-refractivity contribution in [3.8, 4) is 5.75 Å². The first-order valence-corrected chi connectivity index (χ1v) is 14.2. The molecular weight excluding hydrogens is 566 g/mol. The van der Waals surface area contributed by atoms with Gasteiger partial charge in [-0.05, 0) is 74.3 Å². The molecule has 12 nitrogen and oxygen atoms in total. The lowest BCUT2D eigenvalue weighted by Gasteiger charge is -2.32. The summed E-state index contributed by atoms with van der Waals surface area (Å²) < 4.78 is 8.33. The third-order valence-electron chi connectivity index (χ3n) is 7.01. The SMILES string of the molecule is CC(=O)Nc1cccc(NC(=O)CN2CCC(Cn3c(COc4ccccc4)nc4ccccc43)CC2)c1.O=C(O)C(=O)O. The van der Waals surface area contributed by atoms with Crippen LogP contribution in [0.25, 0.3) is 11.0 Å². The molecule has 0 bridgehead atoms. The fourth-order valence-corrected chi connectivity index (χ4v) is 4.97. The zero-order chi connectivity index (χ0) is 31.5. The Morgan fingerprint density at radius 3 is 2.16 bits per heavy atom. The maximum atomic E-state index is 12.7. The van der Waals surface area contributed by atoms with Crippen molar-refractivity contribution in [2.24, 2.45) is 5.92 Å². The van der Waals surface area contributed by atoms with Crippen molar-refractivity contribution < 1.29 is 34.1 Å². The summed E-state index contributed by atoms with van der Waals surface area (Å²) in [6, 6.07) is 25.3. The van der Waals surface area contributed by atoms with Crippen LogP contribution in [-0.2, 0) is 32.3 Å². The predicted octanol–water partition coefficient (Wildman–Crippen LogP) is 4.08. The number of para-hydroxylation sites is 3. The van der Waals surface area contributed by atoms with Crippen molar-refractivity contribution in [1.82, 2.24) is 14.5 Å². The number of benzene rings is 3. The molecule has 0 saturated carbocycles. The predicted molar refractivity (Wildman–Crippen MR) is 164 cm³/mol. The number of carbonyl (C=O) groups is 4. The van der Waals surface area contributed by atoms with E-state index in [2.05, 4.69) is 32.2 Å². The Bertz CT molecular complexity index is 1590. The maximum Gasteiger partial charge on any atom is 0.414 e. The van der Waals surface area contributed by atoms with Gasteiger partial charge in [-0.1, -0.05) is 36.4 Å². The number of aromatic nitrogens is 2. The van der Waals surface area contributed by atoms with E-state index in [1.54, 1.807) is 12.1 Å². The first-order valence-electron chi connectivity index (χ1n) is 14.2. The third-order valence-corrected chi connectivity index (χ3v) is 7.01. The first kappa shape index (κ1) is 31.7. The summed E-state index contributed by atoms with van der Waals surface area (Å²) >= 11 is 0. The van der Waals surface area contributed by atoms with Crippen LogP contribution in [0.3, 0.4) is 0 Å². The van der Waals surface area contributed by atoms with E-state index >= 15 is 0 Å². The Hall–Kier alpha value is -5.23. The van der Waals surface area contributed by atoms with Gasteiger partial charge in [0.25, 0.3) is 0 Å². The molecule has 0 unspecified atom stereocenters. The molecule has 4 N–H and O–H groups in total. The number of nitrogens with one attached hydrogen (secondary N) is 2. The zero-order valence-electron chi connectivity index (χ0n) is 24.3. The highest BCUT2D eigenvalue weighted by Crippen LogP contribution is 2.25. The van der Waals surface area contributed by atoms with Crippen molar-refractivity contribution in [1.29, 1.82) is 0 Å².